The van der Waals surface area contributed by atoms with Gasteiger partial charge in [-0.15, -0.1) is 0 Å². The highest BCUT2D eigenvalue weighted by molar-refractivity contribution is 5.47. The first kappa shape index (κ1) is 12.8. The van der Waals surface area contributed by atoms with Gasteiger partial charge in [0.1, 0.15) is 25.1 Å². The zero-order chi connectivity index (χ0) is 13.9. The molecule has 0 saturated heterocycles. The van der Waals surface area contributed by atoms with Crippen LogP contribution in [-0.4, -0.2) is 25.4 Å². The van der Waals surface area contributed by atoms with Gasteiger partial charge in [-0.3, -0.25) is 0 Å². The number of rotatable bonds is 3. The summed E-state index contributed by atoms with van der Waals surface area (Å²) in [4.78, 5) is 0. The second kappa shape index (κ2) is 5.43. The minimum absolute atomic E-state index is 0.529. The fourth-order valence-corrected chi connectivity index (χ4v) is 2.30. The van der Waals surface area contributed by atoms with E-state index in [1.807, 2.05) is 42.5 Å². The number of hydrogen-bond donors (Lipinski definition) is 1. The summed E-state index contributed by atoms with van der Waals surface area (Å²) in [6.45, 7) is 1.09. The summed E-state index contributed by atoms with van der Waals surface area (Å²) in [5, 5.41) is 10.5. The molecule has 4 nitrogen and oxygen atoms in total. The molecule has 0 amide bonds. The van der Waals surface area contributed by atoms with Crippen LogP contribution in [0.25, 0.3) is 0 Å². The van der Waals surface area contributed by atoms with Gasteiger partial charge in [0.25, 0.3) is 0 Å². The van der Waals surface area contributed by atoms with Crippen molar-refractivity contribution in [2.45, 2.75) is 6.10 Å². The van der Waals surface area contributed by atoms with Gasteiger partial charge in [-0.05, 0) is 23.8 Å². The summed E-state index contributed by atoms with van der Waals surface area (Å²) < 4.78 is 16.3. The van der Waals surface area contributed by atoms with Gasteiger partial charge in [-0.25, -0.2) is 0 Å². The van der Waals surface area contributed by atoms with E-state index >= 15 is 0 Å². The number of aliphatic hydroxyl groups excluding tert-OH is 1. The Hall–Kier alpha value is -2.20. The van der Waals surface area contributed by atoms with Crippen LogP contribution in [0.4, 0.5) is 0 Å². The highest BCUT2D eigenvalue weighted by atomic mass is 16.6. The van der Waals surface area contributed by atoms with E-state index in [-0.39, 0.29) is 0 Å². The zero-order valence-corrected chi connectivity index (χ0v) is 11.2. The van der Waals surface area contributed by atoms with E-state index in [0.717, 1.165) is 11.1 Å². The fraction of sp³-hybridized carbons (Fsp3) is 0.250. The Kier molecular flexibility index (Phi) is 3.48. The third-order valence-electron chi connectivity index (χ3n) is 3.32. The second-order valence-corrected chi connectivity index (χ2v) is 4.55. The number of aliphatic hydroxyl groups is 1. The summed E-state index contributed by atoms with van der Waals surface area (Å²) in [6, 6.07) is 12.9. The van der Waals surface area contributed by atoms with Crippen LogP contribution >= 0.6 is 0 Å². The summed E-state index contributed by atoms with van der Waals surface area (Å²) in [5.74, 6) is 2.05. The van der Waals surface area contributed by atoms with Crippen LogP contribution in [0.2, 0.25) is 0 Å². The number of hydrogen-bond acceptors (Lipinski definition) is 4. The van der Waals surface area contributed by atoms with Crippen molar-refractivity contribution in [2.75, 3.05) is 20.3 Å². The Bertz CT molecular complexity index is 609. The molecule has 2 aromatic carbocycles. The van der Waals surface area contributed by atoms with Crippen molar-refractivity contribution in [3.05, 3.63) is 53.6 Å². The standard InChI is InChI=1S/C16H16O4/c1-18-13-5-3-2-4-12(13)16(17)11-6-7-14-15(10-11)20-9-8-19-14/h2-7,10,16-17H,8-9H2,1H3. The maximum absolute atomic E-state index is 10.5. The number of fused-ring (bicyclic) bond motifs is 1. The average Bonchev–Trinajstić information content (AvgIpc) is 2.53. The first-order valence-corrected chi connectivity index (χ1v) is 6.50. The van der Waals surface area contributed by atoms with Gasteiger partial charge in [0.15, 0.2) is 11.5 Å². The van der Waals surface area contributed by atoms with E-state index in [9.17, 15) is 5.11 Å². The molecule has 4 heteroatoms. The molecule has 3 rings (SSSR count). The van der Waals surface area contributed by atoms with E-state index < -0.39 is 6.10 Å². The summed E-state index contributed by atoms with van der Waals surface area (Å²) in [5.41, 5.74) is 1.48. The maximum atomic E-state index is 10.5. The van der Waals surface area contributed by atoms with E-state index in [0.29, 0.717) is 30.5 Å². The minimum atomic E-state index is -0.762. The molecule has 104 valence electrons. The lowest BCUT2D eigenvalue weighted by Gasteiger charge is -2.21. The normalized spacial score (nSPS) is 14.7. The number of para-hydroxylation sites is 1. The fourth-order valence-electron chi connectivity index (χ4n) is 2.30. The van der Waals surface area contributed by atoms with E-state index in [1.165, 1.54) is 0 Å². The molecule has 1 unspecified atom stereocenters. The van der Waals surface area contributed by atoms with Gasteiger partial charge in [0.05, 0.1) is 7.11 Å². The predicted octanol–water partition coefficient (Wildman–Crippen LogP) is 2.55. The van der Waals surface area contributed by atoms with Crippen LogP contribution in [0, 0.1) is 0 Å². The maximum Gasteiger partial charge on any atom is 0.161 e. The van der Waals surface area contributed by atoms with Crippen molar-refractivity contribution in [1.82, 2.24) is 0 Å². The molecule has 1 aliphatic rings. The molecule has 1 aliphatic heterocycles. The molecule has 0 saturated carbocycles. The number of methoxy groups -OCH3 is 1. The molecule has 2 aromatic rings. The van der Waals surface area contributed by atoms with Crippen LogP contribution in [0.15, 0.2) is 42.5 Å². The van der Waals surface area contributed by atoms with Crippen LogP contribution in [0.5, 0.6) is 17.2 Å². The van der Waals surface area contributed by atoms with Gasteiger partial charge in [0, 0.05) is 5.56 Å². The van der Waals surface area contributed by atoms with Gasteiger partial charge >= 0.3 is 0 Å². The van der Waals surface area contributed by atoms with Crippen LogP contribution < -0.4 is 14.2 Å². The van der Waals surface area contributed by atoms with Gasteiger partial charge in [-0.1, -0.05) is 24.3 Å². The Morgan fingerprint density at radius 3 is 2.60 bits per heavy atom. The second-order valence-electron chi connectivity index (χ2n) is 4.55. The lowest BCUT2D eigenvalue weighted by atomic mass is 10.00. The molecule has 0 fully saturated rings. The largest absolute Gasteiger partial charge is 0.496 e. The molecule has 1 N–H and O–H groups in total. The zero-order valence-electron chi connectivity index (χ0n) is 11.2. The van der Waals surface area contributed by atoms with Crippen molar-refractivity contribution >= 4 is 0 Å². The average molecular weight is 272 g/mol. The molecule has 0 spiro atoms. The highest BCUT2D eigenvalue weighted by Gasteiger charge is 2.18. The van der Waals surface area contributed by atoms with Crippen molar-refractivity contribution in [3.8, 4) is 17.2 Å². The SMILES string of the molecule is COc1ccccc1C(O)c1ccc2c(c1)OCCO2. The van der Waals surface area contributed by atoms with Gasteiger partial charge in [0.2, 0.25) is 0 Å². The van der Waals surface area contributed by atoms with Gasteiger partial charge in [-0.2, -0.15) is 0 Å². The quantitative estimate of drug-likeness (QED) is 0.932. The molecule has 20 heavy (non-hydrogen) atoms. The third-order valence-corrected chi connectivity index (χ3v) is 3.32. The predicted molar refractivity (Wildman–Crippen MR) is 74.5 cm³/mol. The third kappa shape index (κ3) is 2.30. The monoisotopic (exact) mass is 272 g/mol. The summed E-state index contributed by atoms with van der Waals surface area (Å²) in [7, 11) is 1.59. The smallest absolute Gasteiger partial charge is 0.161 e. The topological polar surface area (TPSA) is 47.9 Å². The van der Waals surface area contributed by atoms with Crippen LogP contribution in [0.1, 0.15) is 17.2 Å². The first-order chi connectivity index (χ1) is 9.79. The molecule has 0 bridgehead atoms. The lowest BCUT2D eigenvalue weighted by molar-refractivity contribution is 0.169. The molecule has 1 atom stereocenters. The highest BCUT2D eigenvalue weighted by Crippen LogP contribution is 2.36. The summed E-state index contributed by atoms with van der Waals surface area (Å²) >= 11 is 0. The molecule has 0 aliphatic carbocycles. The van der Waals surface area contributed by atoms with Crippen molar-refractivity contribution in [1.29, 1.82) is 0 Å². The van der Waals surface area contributed by atoms with Crippen LogP contribution in [0.3, 0.4) is 0 Å². The first-order valence-electron chi connectivity index (χ1n) is 6.50. The van der Waals surface area contributed by atoms with Crippen molar-refractivity contribution < 1.29 is 19.3 Å². The Morgan fingerprint density at radius 2 is 1.80 bits per heavy atom. The van der Waals surface area contributed by atoms with Gasteiger partial charge < -0.3 is 19.3 Å². The van der Waals surface area contributed by atoms with Crippen molar-refractivity contribution in [3.63, 3.8) is 0 Å². The Morgan fingerprint density at radius 1 is 1.05 bits per heavy atom. The summed E-state index contributed by atoms with van der Waals surface area (Å²) in [6.07, 6.45) is -0.762. The minimum Gasteiger partial charge on any atom is -0.496 e. The Balaban J connectivity index is 1.96. The van der Waals surface area contributed by atoms with E-state index in [4.69, 9.17) is 14.2 Å². The number of ether oxygens (including phenoxy) is 3. The van der Waals surface area contributed by atoms with E-state index in [2.05, 4.69) is 0 Å². The molecule has 0 radical (unpaired) electrons. The lowest BCUT2D eigenvalue weighted by Crippen LogP contribution is -2.15. The molecular weight excluding hydrogens is 256 g/mol. The Labute approximate surface area is 117 Å². The number of benzene rings is 2. The van der Waals surface area contributed by atoms with Crippen LogP contribution in [-0.2, 0) is 0 Å². The van der Waals surface area contributed by atoms with Crippen molar-refractivity contribution in [2.24, 2.45) is 0 Å². The molecule has 0 aromatic heterocycles. The molecular formula is C16H16O4. The van der Waals surface area contributed by atoms with E-state index in [1.54, 1.807) is 7.11 Å². The molecule has 1 heterocycles.